The molecule has 3 rings (SSSR count). The summed E-state index contributed by atoms with van der Waals surface area (Å²) in [5.74, 6) is 0.214. The van der Waals surface area contributed by atoms with Crippen molar-refractivity contribution in [3.63, 3.8) is 0 Å². The summed E-state index contributed by atoms with van der Waals surface area (Å²) < 4.78 is 21.6. The Kier molecular flexibility index (Phi) is 8.28. The van der Waals surface area contributed by atoms with E-state index in [1.54, 1.807) is 6.08 Å². The number of ether oxygens (including phenoxy) is 1. The second kappa shape index (κ2) is 10.4. The smallest absolute Gasteiger partial charge is 0.388 e. The maximum atomic E-state index is 11.1. The van der Waals surface area contributed by atoms with Crippen molar-refractivity contribution in [3.8, 4) is 0 Å². The van der Waals surface area contributed by atoms with Crippen LogP contribution in [-0.4, -0.2) is 80.3 Å². The van der Waals surface area contributed by atoms with Crippen molar-refractivity contribution in [2.24, 2.45) is 16.6 Å². The highest BCUT2D eigenvalue weighted by atomic mass is 31.2. The number of fused-ring (bicyclic) bond motifs is 1. The van der Waals surface area contributed by atoms with Crippen LogP contribution in [0.2, 0.25) is 0 Å². The molecule has 12 heteroatoms. The molecular formula is C19H34N3O8P. The number of hydrogen-bond acceptors (Lipinski definition) is 9. The van der Waals surface area contributed by atoms with E-state index in [9.17, 15) is 19.9 Å². The quantitative estimate of drug-likeness (QED) is 0.268. The Balaban J connectivity index is 1.94. The van der Waals surface area contributed by atoms with Crippen molar-refractivity contribution < 1.29 is 38.9 Å². The van der Waals surface area contributed by atoms with E-state index in [0.717, 1.165) is 25.7 Å². The second-order valence-corrected chi connectivity index (χ2v) is 9.82. The van der Waals surface area contributed by atoms with E-state index in [2.05, 4.69) is 14.8 Å². The first-order valence-electron chi connectivity index (χ1n) is 10.8. The molecular weight excluding hydrogens is 429 g/mol. The first-order valence-corrected chi connectivity index (χ1v) is 12.3. The molecule has 0 aromatic heterocycles. The van der Waals surface area contributed by atoms with Gasteiger partial charge in [-0.25, -0.2) is 4.57 Å². The van der Waals surface area contributed by atoms with E-state index in [4.69, 9.17) is 20.3 Å². The van der Waals surface area contributed by atoms with Gasteiger partial charge in [-0.3, -0.25) is 14.8 Å². The summed E-state index contributed by atoms with van der Waals surface area (Å²) in [7, 11) is -4.77. The number of rotatable bonds is 4. The number of nitrogens with two attached hydrogens (primary N) is 1. The van der Waals surface area contributed by atoms with Gasteiger partial charge in [0.1, 0.15) is 36.5 Å². The number of hydrogen-bond donors (Lipinski definition) is 7. The molecule has 0 bridgehead atoms. The molecule has 3 aliphatic rings. The largest absolute Gasteiger partial charge is 0.469 e. The van der Waals surface area contributed by atoms with E-state index in [-0.39, 0.29) is 5.92 Å². The van der Waals surface area contributed by atoms with Gasteiger partial charge >= 0.3 is 7.82 Å². The zero-order valence-corrected chi connectivity index (χ0v) is 18.3. The third kappa shape index (κ3) is 6.13. The highest BCUT2D eigenvalue weighted by molar-refractivity contribution is 7.46. The van der Waals surface area contributed by atoms with Gasteiger partial charge in [-0.05, 0) is 44.1 Å². The molecule has 3 aliphatic heterocycles. The van der Waals surface area contributed by atoms with Crippen LogP contribution in [0.3, 0.4) is 0 Å². The molecule has 0 radical (unpaired) electrons. The molecule has 6 unspecified atom stereocenters. The van der Waals surface area contributed by atoms with Crippen LogP contribution in [-0.2, 0) is 13.8 Å². The molecule has 2 saturated heterocycles. The lowest BCUT2D eigenvalue weighted by molar-refractivity contribution is -0.0882. The highest BCUT2D eigenvalue weighted by Crippen LogP contribution is 2.43. The summed E-state index contributed by atoms with van der Waals surface area (Å²) >= 11 is 0. The van der Waals surface area contributed by atoms with Crippen LogP contribution in [0.1, 0.15) is 44.9 Å². The van der Waals surface area contributed by atoms with Gasteiger partial charge < -0.3 is 35.6 Å². The number of aliphatic hydroxyl groups excluding tert-OH is 3. The van der Waals surface area contributed by atoms with Crippen LogP contribution in [0, 0.1) is 5.92 Å². The Bertz CT molecular complexity index is 716. The number of aliphatic hydroxyl groups is 3. The molecule has 7 atom stereocenters. The maximum Gasteiger partial charge on any atom is 0.469 e. The minimum Gasteiger partial charge on any atom is -0.388 e. The predicted octanol–water partition coefficient (Wildman–Crippen LogP) is -0.481. The van der Waals surface area contributed by atoms with Crippen LogP contribution < -0.4 is 11.1 Å². The number of phosphoric acid groups is 1. The highest BCUT2D eigenvalue weighted by Gasteiger charge is 2.56. The van der Waals surface area contributed by atoms with Crippen LogP contribution in [0.25, 0.3) is 0 Å². The third-order valence-electron chi connectivity index (χ3n) is 6.41. The Labute approximate surface area is 181 Å². The van der Waals surface area contributed by atoms with Gasteiger partial charge in [-0.1, -0.05) is 18.9 Å². The van der Waals surface area contributed by atoms with Gasteiger partial charge in [0, 0.05) is 6.54 Å². The fraction of sp³-hybridized carbons (Fsp3) is 0.842. The summed E-state index contributed by atoms with van der Waals surface area (Å²) in [6.45, 7) is 0.0463. The average Bonchev–Trinajstić information content (AvgIpc) is 2.86. The monoisotopic (exact) mass is 463 g/mol. The lowest BCUT2D eigenvalue weighted by Gasteiger charge is -2.45. The maximum absolute atomic E-state index is 11.1. The van der Waals surface area contributed by atoms with Gasteiger partial charge in [0.25, 0.3) is 0 Å². The second-order valence-electron chi connectivity index (χ2n) is 8.58. The third-order valence-corrected chi connectivity index (χ3v) is 6.89. The number of aliphatic imine (C=N–C) groups is 1. The first-order chi connectivity index (χ1) is 14.6. The lowest BCUT2D eigenvalue weighted by atomic mass is 9.72. The van der Waals surface area contributed by atoms with Crippen LogP contribution in [0.5, 0.6) is 0 Å². The van der Waals surface area contributed by atoms with Gasteiger partial charge in [-0.15, -0.1) is 0 Å². The molecule has 8 N–H and O–H groups in total. The molecule has 0 spiro atoms. The SMILES string of the molecule is NC1=NCCCCCC2(C3OC(COP(=O)(O)O)C(O)C3O)NC(O)CCC[C@@H]2/C=C\1. The van der Waals surface area contributed by atoms with Gasteiger partial charge in [0.2, 0.25) is 0 Å². The molecule has 178 valence electrons. The number of phosphoric ester groups is 1. The van der Waals surface area contributed by atoms with E-state index in [0.29, 0.717) is 31.6 Å². The van der Waals surface area contributed by atoms with E-state index in [1.807, 2.05) is 6.08 Å². The van der Waals surface area contributed by atoms with E-state index >= 15 is 0 Å². The molecule has 11 nitrogen and oxygen atoms in total. The predicted molar refractivity (Wildman–Crippen MR) is 112 cm³/mol. The van der Waals surface area contributed by atoms with Crippen molar-refractivity contribution in [2.45, 2.75) is 81.1 Å². The molecule has 31 heavy (non-hydrogen) atoms. The Hall–Kier alpha value is -0.880. The minimum atomic E-state index is -4.77. The number of amidine groups is 1. The van der Waals surface area contributed by atoms with Crippen molar-refractivity contribution in [2.75, 3.05) is 13.2 Å². The standard InChI is InChI=1S/C19H34N3O8P/c20-14-8-7-12-5-4-6-15(23)22-19(12,9-2-1-3-10-21-14)18-17(25)16(24)13(30-18)11-29-31(26,27)28/h7-8,12-13,15-18,22-25H,1-6,9-11H2,(H2,20,21)(H2,26,27,28)/b8-7-/t12-,13?,15?,16?,17?,18?,19?/m1/s1. The van der Waals surface area contributed by atoms with Crippen molar-refractivity contribution in [1.29, 1.82) is 0 Å². The lowest BCUT2D eigenvalue weighted by Crippen LogP contribution is -2.64. The Morgan fingerprint density at radius 2 is 1.97 bits per heavy atom. The summed E-state index contributed by atoms with van der Waals surface area (Å²) in [6, 6.07) is 0. The van der Waals surface area contributed by atoms with Crippen LogP contribution >= 0.6 is 7.82 Å². The number of nitrogens with one attached hydrogen (secondary N) is 1. The Morgan fingerprint density at radius 3 is 2.71 bits per heavy atom. The van der Waals surface area contributed by atoms with Crippen LogP contribution in [0.4, 0.5) is 0 Å². The number of nitrogens with zero attached hydrogens (tertiary/aromatic N) is 1. The fourth-order valence-electron chi connectivity index (χ4n) is 4.90. The van der Waals surface area contributed by atoms with Gasteiger partial charge in [0.05, 0.1) is 12.1 Å². The van der Waals surface area contributed by atoms with Gasteiger partial charge in [0.15, 0.2) is 0 Å². The van der Waals surface area contributed by atoms with Crippen LogP contribution in [0.15, 0.2) is 17.1 Å². The summed E-state index contributed by atoms with van der Waals surface area (Å²) in [6.07, 6.45) is 2.99. The molecule has 0 aromatic carbocycles. The molecule has 2 fully saturated rings. The molecule has 3 heterocycles. The Morgan fingerprint density at radius 1 is 1.19 bits per heavy atom. The zero-order valence-electron chi connectivity index (χ0n) is 17.4. The fourth-order valence-corrected chi connectivity index (χ4v) is 5.24. The van der Waals surface area contributed by atoms with Crippen molar-refractivity contribution in [3.05, 3.63) is 12.2 Å². The van der Waals surface area contributed by atoms with Crippen molar-refractivity contribution in [1.82, 2.24) is 5.32 Å². The molecule has 0 aliphatic carbocycles. The summed E-state index contributed by atoms with van der Waals surface area (Å²) in [4.78, 5) is 22.3. The minimum absolute atomic E-state index is 0.190. The summed E-state index contributed by atoms with van der Waals surface area (Å²) in [5.41, 5.74) is 5.07. The molecule has 0 saturated carbocycles. The molecule has 0 amide bonds. The summed E-state index contributed by atoms with van der Waals surface area (Å²) in [5, 5.41) is 35.3. The first kappa shape index (κ1) is 24.8. The molecule has 0 aromatic rings. The topological polar surface area (TPSA) is 187 Å². The zero-order chi connectivity index (χ0) is 22.6. The van der Waals surface area contributed by atoms with E-state index < -0.39 is 50.6 Å². The average molecular weight is 463 g/mol. The van der Waals surface area contributed by atoms with E-state index in [1.165, 1.54) is 0 Å². The normalized spacial score (nSPS) is 41.5. The van der Waals surface area contributed by atoms with Crippen molar-refractivity contribution >= 4 is 13.7 Å². The van der Waals surface area contributed by atoms with Gasteiger partial charge in [-0.2, -0.15) is 0 Å².